The molecule has 0 N–H and O–H groups in total. The van der Waals surface area contributed by atoms with Crippen LogP contribution in [0.15, 0.2) is 47.5 Å². The van der Waals surface area contributed by atoms with Gasteiger partial charge in [0.15, 0.2) is 0 Å². The van der Waals surface area contributed by atoms with Gasteiger partial charge >= 0.3 is 0 Å². The van der Waals surface area contributed by atoms with Gasteiger partial charge in [0.1, 0.15) is 22.1 Å². The maximum Gasteiger partial charge on any atom is 0.146 e. The van der Waals surface area contributed by atoms with Gasteiger partial charge in [-0.1, -0.05) is 35.5 Å². The molecule has 2 heterocycles. The van der Waals surface area contributed by atoms with Crippen molar-refractivity contribution in [2.24, 2.45) is 0 Å². The topological polar surface area (TPSA) is 38.7 Å². The summed E-state index contributed by atoms with van der Waals surface area (Å²) in [4.78, 5) is 4.69. The lowest BCUT2D eigenvalue weighted by Crippen LogP contribution is -1.94. The first-order chi connectivity index (χ1) is 13.0. The number of hydrogen-bond acceptors (Lipinski definition) is 5. The van der Waals surface area contributed by atoms with Crippen LogP contribution >= 0.6 is 23.1 Å². The summed E-state index contributed by atoms with van der Waals surface area (Å²) >= 11 is 3.25. The molecule has 4 rings (SSSR count). The molecule has 4 aromatic rings. The van der Waals surface area contributed by atoms with E-state index < -0.39 is 0 Å². The number of hydrogen-bond donors (Lipinski definition) is 0. The zero-order chi connectivity index (χ0) is 19.0. The van der Waals surface area contributed by atoms with Gasteiger partial charge in [-0.05, 0) is 56.2 Å². The third-order valence-electron chi connectivity index (χ3n) is 4.38. The minimum absolute atomic E-state index is 0.260. The van der Waals surface area contributed by atoms with Gasteiger partial charge in [0.05, 0.1) is 9.71 Å². The van der Waals surface area contributed by atoms with E-state index in [1.807, 2.05) is 6.92 Å². The molecule has 0 saturated carbocycles. The summed E-state index contributed by atoms with van der Waals surface area (Å²) in [5.74, 6) is 0.563. The van der Waals surface area contributed by atoms with Crippen LogP contribution in [-0.2, 0) is 5.75 Å². The van der Waals surface area contributed by atoms with Crippen molar-refractivity contribution in [1.82, 2.24) is 15.2 Å². The Morgan fingerprint density at radius 2 is 1.78 bits per heavy atom. The van der Waals surface area contributed by atoms with Crippen molar-refractivity contribution in [3.05, 3.63) is 70.0 Å². The molecule has 2 aromatic carbocycles. The third-order valence-corrected chi connectivity index (χ3v) is 6.36. The fourth-order valence-electron chi connectivity index (χ4n) is 2.92. The Balaban J connectivity index is 1.71. The minimum atomic E-state index is -0.260. The van der Waals surface area contributed by atoms with Crippen LogP contribution < -0.4 is 0 Å². The molecule has 0 bridgehead atoms. The maximum absolute atomic E-state index is 13.3. The predicted octanol–water partition coefficient (Wildman–Crippen LogP) is 6.11. The van der Waals surface area contributed by atoms with E-state index >= 15 is 0 Å². The summed E-state index contributed by atoms with van der Waals surface area (Å²) in [7, 11) is 0. The molecule has 0 saturated heterocycles. The van der Waals surface area contributed by atoms with Crippen molar-refractivity contribution in [3.63, 3.8) is 0 Å². The van der Waals surface area contributed by atoms with Gasteiger partial charge < -0.3 is 0 Å². The number of benzene rings is 2. The molecule has 0 fully saturated rings. The maximum atomic E-state index is 13.3. The summed E-state index contributed by atoms with van der Waals surface area (Å²) in [6.07, 6.45) is 0. The first-order valence-corrected chi connectivity index (χ1v) is 10.4. The molecule has 0 radical (unpaired) electrons. The lowest BCUT2D eigenvalue weighted by molar-refractivity contribution is 0.628. The molecule has 0 unspecified atom stereocenters. The number of thioether (sulfide) groups is 1. The van der Waals surface area contributed by atoms with E-state index in [0.717, 1.165) is 37.3 Å². The van der Waals surface area contributed by atoms with E-state index in [2.05, 4.69) is 42.2 Å². The minimum Gasteiger partial charge on any atom is -0.238 e. The molecule has 0 amide bonds. The lowest BCUT2D eigenvalue weighted by Gasteiger charge is -2.08. The number of aromatic nitrogens is 3. The van der Waals surface area contributed by atoms with Gasteiger partial charge in [-0.2, -0.15) is 0 Å². The Bertz CT molecular complexity index is 1120. The summed E-state index contributed by atoms with van der Waals surface area (Å²) in [6.45, 7) is 6.21. The Labute approximate surface area is 165 Å². The highest BCUT2D eigenvalue weighted by atomic mass is 32.2. The van der Waals surface area contributed by atoms with E-state index in [1.54, 1.807) is 35.2 Å². The molecule has 0 spiro atoms. The van der Waals surface area contributed by atoms with Crippen LogP contribution in [-0.4, -0.2) is 15.2 Å². The Kier molecular flexibility index (Phi) is 4.93. The van der Waals surface area contributed by atoms with Crippen LogP contribution in [0, 0.1) is 26.6 Å². The van der Waals surface area contributed by atoms with Crippen LogP contribution in [0.1, 0.15) is 21.7 Å². The second-order valence-corrected chi connectivity index (χ2v) is 8.66. The van der Waals surface area contributed by atoms with E-state index in [4.69, 9.17) is 4.98 Å². The zero-order valence-electron chi connectivity index (χ0n) is 15.3. The van der Waals surface area contributed by atoms with Crippen molar-refractivity contribution in [3.8, 4) is 11.3 Å². The lowest BCUT2D eigenvalue weighted by atomic mass is 10.1. The second kappa shape index (κ2) is 7.37. The van der Waals surface area contributed by atoms with E-state index in [0.29, 0.717) is 0 Å². The Hall–Kier alpha value is -2.31. The first kappa shape index (κ1) is 18.1. The standard InChI is InChI=1S/C21H18FN3S2/c1-12-4-5-13(2)16(10-12)11-26-21-19-20(27-14(3)23-19)18(24-25-21)15-6-8-17(22)9-7-15/h4-10H,11H2,1-3H3. The van der Waals surface area contributed by atoms with Gasteiger partial charge in [0.25, 0.3) is 0 Å². The van der Waals surface area contributed by atoms with E-state index in [9.17, 15) is 4.39 Å². The number of fused-ring (bicyclic) bond motifs is 1. The zero-order valence-corrected chi connectivity index (χ0v) is 16.9. The summed E-state index contributed by atoms with van der Waals surface area (Å²) < 4.78 is 14.3. The average Bonchev–Trinajstić information content (AvgIpc) is 3.04. The van der Waals surface area contributed by atoms with E-state index in [-0.39, 0.29) is 5.82 Å². The summed E-state index contributed by atoms with van der Waals surface area (Å²) in [6, 6.07) is 12.8. The number of thiazole rings is 1. The first-order valence-electron chi connectivity index (χ1n) is 8.60. The highest BCUT2D eigenvalue weighted by Crippen LogP contribution is 2.36. The third kappa shape index (κ3) is 3.73. The second-order valence-electron chi connectivity index (χ2n) is 6.49. The fraction of sp³-hybridized carbons (Fsp3) is 0.190. The van der Waals surface area contributed by atoms with Gasteiger partial charge in [0.2, 0.25) is 0 Å². The molecule has 2 aromatic heterocycles. The molecular formula is C21H18FN3S2. The molecule has 0 atom stereocenters. The van der Waals surface area contributed by atoms with Crippen LogP contribution in [0.5, 0.6) is 0 Å². The summed E-state index contributed by atoms with van der Waals surface area (Å²) in [5.41, 5.74) is 6.31. The largest absolute Gasteiger partial charge is 0.238 e. The van der Waals surface area contributed by atoms with Crippen LogP contribution in [0.25, 0.3) is 21.5 Å². The highest BCUT2D eigenvalue weighted by molar-refractivity contribution is 7.98. The van der Waals surface area contributed by atoms with Crippen molar-refractivity contribution in [2.75, 3.05) is 0 Å². The van der Waals surface area contributed by atoms with Crippen LogP contribution in [0.3, 0.4) is 0 Å². The van der Waals surface area contributed by atoms with Gasteiger partial charge in [-0.25, -0.2) is 9.37 Å². The molecule has 3 nitrogen and oxygen atoms in total. The molecule has 136 valence electrons. The number of aryl methyl sites for hydroxylation is 3. The predicted molar refractivity (Wildman–Crippen MR) is 111 cm³/mol. The fourth-order valence-corrected chi connectivity index (χ4v) is 4.89. The summed E-state index contributed by atoms with van der Waals surface area (Å²) in [5, 5.41) is 10.7. The van der Waals surface area contributed by atoms with Crippen LogP contribution in [0.2, 0.25) is 0 Å². The smallest absolute Gasteiger partial charge is 0.146 e. The molecule has 0 aliphatic heterocycles. The van der Waals surface area contributed by atoms with Crippen LogP contribution in [0.4, 0.5) is 4.39 Å². The SMILES string of the molecule is Cc1ccc(C)c(CSc2nnc(-c3ccc(F)cc3)c3sc(C)nc23)c1. The van der Waals surface area contributed by atoms with Crippen molar-refractivity contribution in [1.29, 1.82) is 0 Å². The highest BCUT2D eigenvalue weighted by Gasteiger charge is 2.16. The molecule has 0 aliphatic rings. The Morgan fingerprint density at radius 3 is 2.56 bits per heavy atom. The van der Waals surface area contributed by atoms with Crippen molar-refractivity contribution >= 4 is 33.3 Å². The molecular weight excluding hydrogens is 377 g/mol. The number of rotatable bonds is 4. The average molecular weight is 396 g/mol. The molecule has 27 heavy (non-hydrogen) atoms. The monoisotopic (exact) mass is 395 g/mol. The van der Waals surface area contributed by atoms with E-state index in [1.165, 1.54) is 28.8 Å². The number of halogens is 1. The molecule has 6 heteroatoms. The molecule has 0 aliphatic carbocycles. The number of nitrogens with zero attached hydrogens (tertiary/aromatic N) is 3. The van der Waals surface area contributed by atoms with Gasteiger partial charge in [-0.3, -0.25) is 0 Å². The normalized spacial score (nSPS) is 11.3. The van der Waals surface area contributed by atoms with Gasteiger partial charge in [-0.15, -0.1) is 21.5 Å². The Morgan fingerprint density at radius 1 is 1.00 bits per heavy atom. The van der Waals surface area contributed by atoms with Crippen molar-refractivity contribution in [2.45, 2.75) is 31.6 Å². The quantitative estimate of drug-likeness (QED) is 0.391. The van der Waals surface area contributed by atoms with Crippen molar-refractivity contribution < 1.29 is 4.39 Å². The van der Waals surface area contributed by atoms with Gasteiger partial charge in [0, 0.05) is 11.3 Å².